The van der Waals surface area contributed by atoms with Crippen molar-refractivity contribution in [3.8, 4) is 0 Å². The number of rotatable bonds is 6. The van der Waals surface area contributed by atoms with E-state index in [-0.39, 0.29) is 0 Å². The van der Waals surface area contributed by atoms with Gasteiger partial charge in [0, 0.05) is 16.7 Å². The van der Waals surface area contributed by atoms with Gasteiger partial charge in [0.25, 0.3) is 0 Å². The second kappa shape index (κ2) is 7.80. The fourth-order valence-electron chi connectivity index (χ4n) is 2.24. The van der Waals surface area contributed by atoms with Crippen molar-refractivity contribution >= 4 is 17.9 Å². The molecule has 0 aromatic rings. The Hall–Kier alpha value is -3.00. The van der Waals surface area contributed by atoms with Crippen LogP contribution < -0.4 is 0 Å². The minimum absolute atomic E-state index is 0.576. The molecule has 15 heteroatoms. The maximum atomic E-state index is 15.2. The Bertz CT molecular complexity index is 803. The molecule has 186 valence electrons. The predicted octanol–water partition coefficient (Wildman–Crippen LogP) is 4.26. The summed E-state index contributed by atoms with van der Waals surface area (Å²) in [6.07, 6.45) is 0. The molecule has 1 rings (SSSR count). The third kappa shape index (κ3) is 3.47. The van der Waals surface area contributed by atoms with E-state index in [4.69, 9.17) is 0 Å². The molecular formula is C18H15F9O6. The van der Waals surface area contributed by atoms with Crippen LogP contribution in [0.5, 0.6) is 0 Å². The summed E-state index contributed by atoms with van der Waals surface area (Å²) in [6, 6.07) is 0. The van der Waals surface area contributed by atoms with Crippen molar-refractivity contribution in [2.24, 2.45) is 0 Å². The van der Waals surface area contributed by atoms with Gasteiger partial charge in [0.1, 0.15) is 0 Å². The first-order valence-electron chi connectivity index (χ1n) is 8.35. The molecule has 6 nitrogen and oxygen atoms in total. The molecule has 0 saturated heterocycles. The zero-order chi connectivity index (χ0) is 26.6. The van der Waals surface area contributed by atoms with Gasteiger partial charge in [0.05, 0.1) is 0 Å². The van der Waals surface area contributed by atoms with E-state index in [0.717, 1.165) is 0 Å². The van der Waals surface area contributed by atoms with Crippen molar-refractivity contribution in [3.05, 3.63) is 36.5 Å². The molecule has 0 unspecified atom stereocenters. The zero-order valence-corrected chi connectivity index (χ0v) is 17.0. The van der Waals surface area contributed by atoms with Crippen LogP contribution in [0.3, 0.4) is 0 Å². The van der Waals surface area contributed by atoms with Crippen molar-refractivity contribution < 1.29 is 68.1 Å². The molecule has 1 aliphatic rings. The molecule has 0 spiro atoms. The van der Waals surface area contributed by atoms with Crippen LogP contribution in [-0.2, 0) is 28.6 Å². The third-order valence-electron chi connectivity index (χ3n) is 4.17. The zero-order valence-electron chi connectivity index (χ0n) is 17.0. The Morgan fingerprint density at radius 3 is 0.758 bits per heavy atom. The summed E-state index contributed by atoms with van der Waals surface area (Å²) >= 11 is 0. The van der Waals surface area contributed by atoms with Crippen LogP contribution in [0.2, 0.25) is 0 Å². The molecule has 0 aromatic heterocycles. The van der Waals surface area contributed by atoms with Gasteiger partial charge in [0.15, 0.2) is 0 Å². The van der Waals surface area contributed by atoms with Gasteiger partial charge in [0.2, 0.25) is 0 Å². The second-order valence-electron chi connectivity index (χ2n) is 7.02. The summed E-state index contributed by atoms with van der Waals surface area (Å²) in [5.41, 5.74) is -3.33. The first-order valence-corrected chi connectivity index (χ1v) is 8.35. The van der Waals surface area contributed by atoms with Crippen LogP contribution in [0.4, 0.5) is 39.5 Å². The molecule has 1 aliphatic carbocycles. The van der Waals surface area contributed by atoms with Gasteiger partial charge < -0.3 is 14.2 Å². The van der Waals surface area contributed by atoms with Crippen molar-refractivity contribution in [3.63, 3.8) is 0 Å². The first-order chi connectivity index (χ1) is 14.5. The van der Waals surface area contributed by atoms with Gasteiger partial charge in [-0.2, -0.15) is 39.5 Å². The predicted molar refractivity (Wildman–Crippen MR) is 89.1 cm³/mol. The number of halogens is 9. The number of ether oxygens (including phenoxy) is 3. The monoisotopic (exact) mass is 498 g/mol. The van der Waals surface area contributed by atoms with Gasteiger partial charge in [-0.25, -0.2) is 14.4 Å². The van der Waals surface area contributed by atoms with E-state index in [9.17, 15) is 40.7 Å². The average Bonchev–Trinajstić information content (AvgIpc) is 2.65. The van der Waals surface area contributed by atoms with Crippen LogP contribution in [0.25, 0.3) is 0 Å². The van der Waals surface area contributed by atoms with E-state index in [1.807, 2.05) is 0 Å². The van der Waals surface area contributed by atoms with Crippen LogP contribution in [-0.4, -0.2) is 53.2 Å². The van der Waals surface area contributed by atoms with Crippen molar-refractivity contribution in [2.75, 3.05) is 0 Å². The van der Waals surface area contributed by atoms with Crippen LogP contribution >= 0.6 is 0 Å². The minimum atomic E-state index is -7.03. The SMILES string of the molecule is C=C(C)C(=O)OC1(F)C(F)(F)C(F)(OC(=O)C(=C)C)C(F)(F)C(F)(OC(=O)C(=C)C)C1(F)F. The average molecular weight is 498 g/mol. The number of hydrogen-bond donors (Lipinski definition) is 0. The van der Waals surface area contributed by atoms with E-state index in [0.29, 0.717) is 20.8 Å². The van der Waals surface area contributed by atoms with E-state index >= 15 is 13.2 Å². The number of alkyl halides is 9. The van der Waals surface area contributed by atoms with E-state index in [1.165, 1.54) is 0 Å². The van der Waals surface area contributed by atoms with Gasteiger partial charge in [-0.1, -0.05) is 19.7 Å². The Morgan fingerprint density at radius 2 is 0.636 bits per heavy atom. The molecule has 1 saturated carbocycles. The third-order valence-corrected chi connectivity index (χ3v) is 4.17. The molecule has 33 heavy (non-hydrogen) atoms. The fraction of sp³-hybridized carbons (Fsp3) is 0.500. The highest BCUT2D eigenvalue weighted by Crippen LogP contribution is 2.69. The standard InChI is InChI=1S/C18H15F9O6/c1-7(2)10(28)31-16(25)13(19,20)17(26,32-11(29)8(3)4)15(23,24)18(27,14(16,21)22)33-12(30)9(5)6/h1,3,5H2,2,4,6H3. The molecular weight excluding hydrogens is 483 g/mol. The number of carbonyl (C=O) groups excluding carboxylic acids is 3. The van der Waals surface area contributed by atoms with Crippen LogP contribution in [0.1, 0.15) is 20.8 Å². The van der Waals surface area contributed by atoms with Crippen molar-refractivity contribution in [1.29, 1.82) is 0 Å². The van der Waals surface area contributed by atoms with Gasteiger partial charge in [-0.15, -0.1) is 0 Å². The Morgan fingerprint density at radius 1 is 0.485 bits per heavy atom. The topological polar surface area (TPSA) is 78.9 Å². The summed E-state index contributed by atoms with van der Waals surface area (Å²) in [6.45, 7) is 9.92. The lowest BCUT2D eigenvalue weighted by atomic mass is 9.76. The number of esters is 3. The quantitative estimate of drug-likeness (QED) is 0.236. The smallest absolute Gasteiger partial charge is 0.397 e. The van der Waals surface area contributed by atoms with Crippen molar-refractivity contribution in [1.82, 2.24) is 0 Å². The molecule has 0 aromatic carbocycles. The number of carbonyl (C=O) groups is 3. The summed E-state index contributed by atoms with van der Waals surface area (Å²) < 4.78 is 143. The largest absolute Gasteiger partial charge is 0.413 e. The first kappa shape index (κ1) is 28.0. The minimum Gasteiger partial charge on any atom is -0.413 e. The maximum absolute atomic E-state index is 15.2. The van der Waals surface area contributed by atoms with Crippen LogP contribution in [0, 0.1) is 0 Å². The lowest BCUT2D eigenvalue weighted by Crippen LogP contribution is -2.88. The summed E-state index contributed by atoms with van der Waals surface area (Å²) in [5.74, 6) is -48.6. The highest BCUT2D eigenvalue weighted by molar-refractivity contribution is 5.89. The molecule has 0 amide bonds. The summed E-state index contributed by atoms with van der Waals surface area (Å²) in [7, 11) is 0. The normalized spacial score (nSPS) is 31.6. The molecule has 0 radical (unpaired) electrons. The maximum Gasteiger partial charge on any atom is 0.397 e. The van der Waals surface area contributed by atoms with Gasteiger partial charge >= 0.3 is 53.2 Å². The Kier molecular flexibility index (Phi) is 6.62. The van der Waals surface area contributed by atoms with Crippen molar-refractivity contribution in [2.45, 2.75) is 56.1 Å². The van der Waals surface area contributed by atoms with Crippen LogP contribution in [0.15, 0.2) is 36.5 Å². The highest BCUT2D eigenvalue weighted by atomic mass is 19.3. The number of hydrogen-bond acceptors (Lipinski definition) is 6. The van der Waals surface area contributed by atoms with E-state index in [1.54, 1.807) is 0 Å². The fourth-order valence-corrected chi connectivity index (χ4v) is 2.24. The van der Waals surface area contributed by atoms with E-state index < -0.39 is 70.0 Å². The summed E-state index contributed by atoms with van der Waals surface area (Å²) in [5, 5.41) is 0. The van der Waals surface area contributed by atoms with Gasteiger partial charge in [-0.05, 0) is 20.8 Å². The van der Waals surface area contributed by atoms with Gasteiger partial charge in [-0.3, -0.25) is 0 Å². The molecule has 0 atom stereocenters. The molecule has 0 aliphatic heterocycles. The molecule has 0 heterocycles. The lowest BCUT2D eigenvalue weighted by Gasteiger charge is -2.54. The van der Waals surface area contributed by atoms with E-state index in [2.05, 4.69) is 33.9 Å². The molecule has 0 bridgehead atoms. The molecule has 1 fully saturated rings. The summed E-state index contributed by atoms with van der Waals surface area (Å²) in [4.78, 5) is 34.6. The Labute approximate surface area is 179 Å². The Balaban J connectivity index is 4.10. The highest BCUT2D eigenvalue weighted by Gasteiger charge is 3.04. The molecule has 0 N–H and O–H groups in total. The lowest BCUT2D eigenvalue weighted by molar-refractivity contribution is -0.538. The second-order valence-corrected chi connectivity index (χ2v) is 7.02.